The Hall–Kier alpha value is -2.24. The van der Waals surface area contributed by atoms with Gasteiger partial charge in [-0.1, -0.05) is 18.2 Å². The number of anilines is 1. The molecule has 4 atom stereocenters. The Bertz CT molecular complexity index is 981. The summed E-state index contributed by atoms with van der Waals surface area (Å²) in [6, 6.07) is 7.84. The minimum Gasteiger partial charge on any atom is -0.394 e. The van der Waals surface area contributed by atoms with Crippen LogP contribution in [0.1, 0.15) is 11.8 Å². The quantitative estimate of drug-likeness (QED) is 0.469. The summed E-state index contributed by atoms with van der Waals surface area (Å²) in [5.74, 6) is 0.210. The number of nitrogens with zero attached hydrogens (tertiary/aromatic N) is 4. The number of aromatic nitrogens is 4. The molecule has 1 aromatic carbocycles. The lowest BCUT2D eigenvalue weighted by molar-refractivity contribution is -0.0511. The highest BCUT2D eigenvalue weighted by molar-refractivity contribution is 7.99. The molecule has 3 heterocycles. The van der Waals surface area contributed by atoms with Crippen molar-refractivity contribution in [2.75, 3.05) is 12.3 Å². The minimum absolute atomic E-state index is 0.210. The van der Waals surface area contributed by atoms with Crippen LogP contribution in [0.3, 0.4) is 0 Å². The van der Waals surface area contributed by atoms with Gasteiger partial charge in [0.2, 0.25) is 0 Å². The summed E-state index contributed by atoms with van der Waals surface area (Å²) < 4.78 is 7.07. The second-order valence-electron chi connectivity index (χ2n) is 6.31. The molecule has 2 aromatic heterocycles. The van der Waals surface area contributed by atoms with Gasteiger partial charge in [0, 0.05) is 4.90 Å². The number of aliphatic hydroxyl groups is 3. The Morgan fingerprint density at radius 3 is 2.70 bits per heavy atom. The summed E-state index contributed by atoms with van der Waals surface area (Å²) in [4.78, 5) is 14.0. The van der Waals surface area contributed by atoms with Crippen LogP contribution in [0.15, 0.2) is 40.6 Å². The van der Waals surface area contributed by atoms with Crippen molar-refractivity contribution in [1.82, 2.24) is 19.5 Å². The molecule has 0 aliphatic carbocycles. The van der Waals surface area contributed by atoms with Crippen molar-refractivity contribution < 1.29 is 20.1 Å². The van der Waals surface area contributed by atoms with Crippen molar-refractivity contribution in [3.05, 3.63) is 36.2 Å². The Morgan fingerprint density at radius 2 is 2.00 bits per heavy atom. The third kappa shape index (κ3) is 3.15. The van der Waals surface area contributed by atoms with Crippen molar-refractivity contribution in [3.8, 4) is 0 Å². The van der Waals surface area contributed by atoms with E-state index in [0.29, 0.717) is 16.3 Å². The molecule has 1 fully saturated rings. The highest BCUT2D eigenvalue weighted by atomic mass is 32.2. The van der Waals surface area contributed by atoms with Gasteiger partial charge in [0.1, 0.15) is 23.8 Å². The lowest BCUT2D eigenvalue weighted by Gasteiger charge is -2.16. The van der Waals surface area contributed by atoms with Gasteiger partial charge >= 0.3 is 0 Å². The van der Waals surface area contributed by atoms with E-state index in [1.54, 1.807) is 0 Å². The zero-order valence-electron chi connectivity index (χ0n) is 14.4. The van der Waals surface area contributed by atoms with Crippen LogP contribution in [0, 0.1) is 6.92 Å². The lowest BCUT2D eigenvalue weighted by Crippen LogP contribution is -2.33. The van der Waals surface area contributed by atoms with Crippen LogP contribution in [0.2, 0.25) is 0 Å². The van der Waals surface area contributed by atoms with Gasteiger partial charge in [-0.05, 0) is 30.3 Å². The Kier molecular flexibility index (Phi) is 4.74. The summed E-state index contributed by atoms with van der Waals surface area (Å²) in [7, 11) is 0. The number of ether oxygens (including phenoxy) is 1. The number of hydrogen-bond acceptors (Lipinski definition) is 9. The SMILES string of the molecule is Cc1ccccc1Sc1nc(N)c2ncn([C@@H]3O[C@H](CO)[C@@H](O)[C@H]3O)c2n1. The van der Waals surface area contributed by atoms with E-state index >= 15 is 0 Å². The van der Waals surface area contributed by atoms with Crippen molar-refractivity contribution in [3.63, 3.8) is 0 Å². The molecule has 142 valence electrons. The van der Waals surface area contributed by atoms with E-state index < -0.39 is 31.1 Å². The fourth-order valence-corrected chi connectivity index (χ4v) is 3.88. The molecule has 9 nitrogen and oxygen atoms in total. The molecule has 10 heteroatoms. The molecule has 3 aromatic rings. The molecule has 4 rings (SSSR count). The number of rotatable bonds is 4. The van der Waals surface area contributed by atoms with E-state index in [4.69, 9.17) is 10.5 Å². The van der Waals surface area contributed by atoms with E-state index in [2.05, 4.69) is 15.0 Å². The summed E-state index contributed by atoms with van der Waals surface area (Å²) in [6.07, 6.45) is -2.84. The number of imidazole rings is 1. The van der Waals surface area contributed by atoms with Crippen LogP contribution in [0.5, 0.6) is 0 Å². The molecule has 1 aliphatic heterocycles. The summed E-state index contributed by atoms with van der Waals surface area (Å²) in [6.45, 7) is 1.58. The van der Waals surface area contributed by atoms with Crippen LogP contribution in [0.25, 0.3) is 11.2 Å². The van der Waals surface area contributed by atoms with E-state index in [1.165, 1.54) is 22.7 Å². The molecule has 0 amide bonds. The van der Waals surface area contributed by atoms with Gasteiger partial charge in [-0.2, -0.15) is 0 Å². The predicted molar refractivity (Wildman–Crippen MR) is 98.0 cm³/mol. The van der Waals surface area contributed by atoms with Gasteiger partial charge in [0.15, 0.2) is 22.8 Å². The van der Waals surface area contributed by atoms with Gasteiger partial charge in [-0.3, -0.25) is 4.57 Å². The number of nitrogen functional groups attached to an aromatic ring is 1. The van der Waals surface area contributed by atoms with Gasteiger partial charge in [-0.15, -0.1) is 0 Å². The summed E-state index contributed by atoms with van der Waals surface area (Å²) >= 11 is 1.37. The first-order valence-electron chi connectivity index (χ1n) is 8.35. The van der Waals surface area contributed by atoms with Crippen molar-refractivity contribution >= 4 is 28.7 Å². The van der Waals surface area contributed by atoms with Gasteiger partial charge in [0.05, 0.1) is 12.9 Å². The van der Waals surface area contributed by atoms with Crippen molar-refractivity contribution in [2.45, 2.75) is 41.5 Å². The fourth-order valence-electron chi connectivity index (χ4n) is 3.03. The monoisotopic (exact) mass is 389 g/mol. The fraction of sp³-hybridized carbons (Fsp3) is 0.353. The third-order valence-corrected chi connectivity index (χ3v) is 5.56. The Balaban J connectivity index is 1.74. The molecule has 0 unspecified atom stereocenters. The zero-order chi connectivity index (χ0) is 19.1. The molecule has 0 bridgehead atoms. The van der Waals surface area contributed by atoms with Crippen LogP contribution in [0.4, 0.5) is 5.82 Å². The number of nitrogens with two attached hydrogens (primary N) is 1. The highest BCUT2D eigenvalue weighted by Crippen LogP contribution is 2.34. The molecule has 0 spiro atoms. The highest BCUT2D eigenvalue weighted by Gasteiger charge is 2.44. The van der Waals surface area contributed by atoms with E-state index in [1.807, 2.05) is 31.2 Å². The molecular weight excluding hydrogens is 370 g/mol. The Labute approximate surface area is 158 Å². The number of fused-ring (bicyclic) bond motifs is 1. The maximum absolute atomic E-state index is 10.3. The zero-order valence-corrected chi connectivity index (χ0v) is 15.2. The summed E-state index contributed by atoms with van der Waals surface area (Å²) in [5.41, 5.74) is 7.89. The van der Waals surface area contributed by atoms with Crippen molar-refractivity contribution in [1.29, 1.82) is 0 Å². The first kappa shape index (κ1) is 18.1. The second-order valence-corrected chi connectivity index (χ2v) is 7.32. The standard InChI is InChI=1S/C17H19N5O4S/c1-8-4-2-3-5-10(8)27-17-20-14(18)11-15(21-17)22(7-19-11)16-13(25)12(24)9(6-23)26-16/h2-5,7,9,12-13,16,23-25H,6H2,1H3,(H2,18,20,21)/t9-,12-,13-,16-/m1/s1. The number of benzene rings is 1. The predicted octanol–water partition coefficient (Wildman–Crippen LogP) is 0.480. The van der Waals surface area contributed by atoms with Crippen LogP contribution >= 0.6 is 11.8 Å². The second kappa shape index (κ2) is 7.06. The van der Waals surface area contributed by atoms with Crippen LogP contribution in [-0.4, -0.2) is 59.8 Å². The lowest BCUT2D eigenvalue weighted by atomic mass is 10.1. The number of hydrogen-bond donors (Lipinski definition) is 4. The molecule has 1 saturated heterocycles. The van der Waals surface area contributed by atoms with Gasteiger partial charge in [0.25, 0.3) is 0 Å². The third-order valence-electron chi connectivity index (χ3n) is 4.51. The smallest absolute Gasteiger partial charge is 0.196 e. The van der Waals surface area contributed by atoms with Crippen molar-refractivity contribution in [2.24, 2.45) is 0 Å². The first-order valence-corrected chi connectivity index (χ1v) is 9.17. The number of aliphatic hydroxyl groups excluding tert-OH is 3. The average Bonchev–Trinajstić information content (AvgIpc) is 3.19. The topological polar surface area (TPSA) is 140 Å². The van der Waals surface area contributed by atoms with Gasteiger partial charge < -0.3 is 25.8 Å². The molecule has 27 heavy (non-hydrogen) atoms. The molecule has 0 radical (unpaired) electrons. The van der Waals surface area contributed by atoms with Gasteiger partial charge in [-0.25, -0.2) is 15.0 Å². The van der Waals surface area contributed by atoms with Crippen LogP contribution in [-0.2, 0) is 4.74 Å². The molecular formula is C17H19N5O4S. The van der Waals surface area contributed by atoms with E-state index in [0.717, 1.165) is 10.5 Å². The summed E-state index contributed by atoms with van der Waals surface area (Å²) in [5, 5.41) is 30.0. The molecule has 1 aliphatic rings. The molecule has 0 saturated carbocycles. The maximum Gasteiger partial charge on any atom is 0.196 e. The largest absolute Gasteiger partial charge is 0.394 e. The van der Waals surface area contributed by atoms with Crippen LogP contribution < -0.4 is 5.73 Å². The normalized spacial score (nSPS) is 25.3. The first-order chi connectivity index (χ1) is 13.0. The average molecular weight is 389 g/mol. The number of aryl methyl sites for hydroxylation is 1. The van der Waals surface area contributed by atoms with E-state index in [9.17, 15) is 15.3 Å². The maximum atomic E-state index is 10.3. The van der Waals surface area contributed by atoms with E-state index in [-0.39, 0.29) is 5.82 Å². The molecule has 5 N–H and O–H groups in total. The Morgan fingerprint density at radius 1 is 1.22 bits per heavy atom. The minimum atomic E-state index is -1.23.